The Morgan fingerprint density at radius 1 is 1.30 bits per heavy atom. The second-order valence-electron chi connectivity index (χ2n) is 5.10. The van der Waals surface area contributed by atoms with E-state index < -0.39 is 28.3 Å². The molecular formula is C12H17F3N2O2S. The third kappa shape index (κ3) is 4.53. The van der Waals surface area contributed by atoms with Crippen LogP contribution in [-0.4, -0.2) is 27.6 Å². The second kappa shape index (κ2) is 6.19. The standard InChI is InChI=1S/C12H17F3N2O2S/c1-11(2,3)20(18)17-10(12(13,14)15)9-6-5-8(19-4)7-16-9/h5-7,10,17H,1-4H3. The molecule has 0 aromatic carbocycles. The van der Waals surface area contributed by atoms with Gasteiger partial charge in [-0.3, -0.25) is 4.98 Å². The fourth-order valence-corrected chi connectivity index (χ4v) is 2.08. The molecule has 0 aliphatic heterocycles. The highest BCUT2D eigenvalue weighted by Gasteiger charge is 2.46. The number of methoxy groups -OCH3 is 1. The van der Waals surface area contributed by atoms with Crippen molar-refractivity contribution in [2.45, 2.75) is 37.7 Å². The number of nitrogens with zero attached hydrogens (tertiary/aromatic N) is 1. The quantitative estimate of drug-likeness (QED) is 0.869. The van der Waals surface area contributed by atoms with E-state index in [-0.39, 0.29) is 5.69 Å². The summed E-state index contributed by atoms with van der Waals surface area (Å²) in [7, 11) is 1.39. The minimum absolute atomic E-state index is 0.254. The monoisotopic (exact) mass is 310 g/mol. The van der Waals surface area contributed by atoms with Crippen molar-refractivity contribution in [1.29, 1.82) is 0 Å². The lowest BCUT2D eigenvalue weighted by Crippen LogP contribution is -2.45. The molecule has 0 bridgehead atoms. The van der Waals surface area contributed by atoms with Crippen molar-refractivity contribution in [2.75, 3.05) is 7.11 Å². The van der Waals surface area contributed by atoms with Gasteiger partial charge in [-0.2, -0.15) is 13.2 Å². The van der Waals surface area contributed by atoms with Crippen LogP contribution in [-0.2, 0) is 11.4 Å². The molecule has 1 aromatic heterocycles. The second-order valence-corrected chi connectivity index (χ2v) is 7.09. The summed E-state index contributed by atoms with van der Waals surface area (Å²) in [5.74, 6) is 0.353. The first-order chi connectivity index (χ1) is 9.05. The molecule has 20 heavy (non-hydrogen) atoms. The van der Waals surface area contributed by atoms with Gasteiger partial charge in [-0.1, -0.05) is 0 Å². The number of alkyl halides is 3. The van der Waals surface area contributed by atoms with Crippen molar-refractivity contribution in [3.63, 3.8) is 0 Å². The maximum Gasteiger partial charge on any atom is 0.413 e. The normalized spacial score (nSPS) is 15.8. The predicted molar refractivity (Wildman–Crippen MR) is 70.6 cm³/mol. The Hall–Kier alpha value is -0.990. The maximum atomic E-state index is 13.1. The first-order valence-corrected chi connectivity index (χ1v) is 6.95. The molecular weight excluding hydrogens is 293 g/mol. The topological polar surface area (TPSA) is 57.2 Å². The van der Waals surface area contributed by atoms with Crippen molar-refractivity contribution in [2.24, 2.45) is 0 Å². The van der Waals surface area contributed by atoms with Gasteiger partial charge in [0.25, 0.3) is 0 Å². The minimum atomic E-state index is -4.59. The minimum Gasteiger partial charge on any atom is -0.598 e. The summed E-state index contributed by atoms with van der Waals surface area (Å²) in [6, 6.07) is 0.487. The van der Waals surface area contributed by atoms with Crippen molar-refractivity contribution in [3.05, 3.63) is 24.0 Å². The summed E-state index contributed by atoms with van der Waals surface area (Å²) >= 11 is -1.86. The molecule has 1 aromatic rings. The van der Waals surface area contributed by atoms with Gasteiger partial charge in [-0.25, -0.2) is 0 Å². The van der Waals surface area contributed by atoms with Crippen LogP contribution in [0.3, 0.4) is 0 Å². The van der Waals surface area contributed by atoms with E-state index in [1.807, 2.05) is 0 Å². The highest BCUT2D eigenvalue weighted by atomic mass is 32.2. The number of hydrogen-bond acceptors (Lipinski definition) is 4. The molecule has 1 heterocycles. The average molecular weight is 310 g/mol. The molecule has 114 valence electrons. The molecule has 0 aliphatic rings. The first-order valence-electron chi connectivity index (χ1n) is 5.80. The Bertz CT molecular complexity index is 432. The summed E-state index contributed by atoms with van der Waals surface area (Å²) in [4.78, 5) is 3.71. The highest BCUT2D eigenvalue weighted by molar-refractivity contribution is 7.90. The Morgan fingerprint density at radius 2 is 1.90 bits per heavy atom. The van der Waals surface area contributed by atoms with E-state index in [4.69, 9.17) is 4.74 Å². The molecule has 0 aliphatic carbocycles. The number of rotatable bonds is 4. The van der Waals surface area contributed by atoms with Crippen molar-refractivity contribution < 1.29 is 22.5 Å². The van der Waals surface area contributed by atoms with Gasteiger partial charge in [0.15, 0.2) is 6.04 Å². The summed E-state index contributed by atoms with van der Waals surface area (Å²) < 4.78 is 57.2. The Kier molecular flexibility index (Phi) is 5.28. The number of halogens is 3. The van der Waals surface area contributed by atoms with Gasteiger partial charge in [0.2, 0.25) is 0 Å². The largest absolute Gasteiger partial charge is 0.598 e. The van der Waals surface area contributed by atoms with E-state index in [9.17, 15) is 17.7 Å². The molecule has 8 heteroatoms. The number of nitrogens with one attached hydrogen (secondary N) is 1. The van der Waals surface area contributed by atoms with Crippen LogP contribution in [0.1, 0.15) is 32.5 Å². The van der Waals surface area contributed by atoms with Gasteiger partial charge in [-0.05, 0) is 32.9 Å². The van der Waals surface area contributed by atoms with Crippen LogP contribution >= 0.6 is 0 Å². The lowest BCUT2D eigenvalue weighted by atomic mass is 10.2. The number of ether oxygens (including phenoxy) is 1. The lowest BCUT2D eigenvalue weighted by molar-refractivity contribution is -0.153. The molecule has 2 atom stereocenters. The van der Waals surface area contributed by atoms with E-state index in [1.54, 1.807) is 20.8 Å². The van der Waals surface area contributed by atoms with Gasteiger partial charge in [-0.15, -0.1) is 4.72 Å². The van der Waals surface area contributed by atoms with Crippen LogP contribution in [0.25, 0.3) is 0 Å². The van der Waals surface area contributed by atoms with Crippen molar-refractivity contribution in [1.82, 2.24) is 9.71 Å². The molecule has 0 saturated heterocycles. The van der Waals surface area contributed by atoms with E-state index >= 15 is 0 Å². The number of hydrogen-bond donors (Lipinski definition) is 1. The van der Waals surface area contributed by atoms with Crippen molar-refractivity contribution >= 4 is 11.4 Å². The summed E-state index contributed by atoms with van der Waals surface area (Å²) in [5, 5.41) is 0. The number of aromatic nitrogens is 1. The maximum absolute atomic E-state index is 13.1. The smallest absolute Gasteiger partial charge is 0.413 e. The Morgan fingerprint density at radius 3 is 2.25 bits per heavy atom. The van der Waals surface area contributed by atoms with E-state index in [0.717, 1.165) is 0 Å². The van der Waals surface area contributed by atoms with E-state index in [0.29, 0.717) is 5.75 Å². The highest BCUT2D eigenvalue weighted by Crippen LogP contribution is 2.34. The predicted octanol–water partition coefficient (Wildman–Crippen LogP) is 2.75. The molecule has 4 nitrogen and oxygen atoms in total. The lowest BCUT2D eigenvalue weighted by Gasteiger charge is -2.28. The zero-order valence-corrected chi connectivity index (χ0v) is 12.4. The van der Waals surface area contributed by atoms with Crippen LogP contribution in [0, 0.1) is 0 Å². The molecule has 0 amide bonds. The Balaban J connectivity index is 3.01. The van der Waals surface area contributed by atoms with Gasteiger partial charge < -0.3 is 9.29 Å². The third-order valence-corrected chi connectivity index (χ3v) is 3.96. The molecule has 2 unspecified atom stereocenters. The van der Waals surface area contributed by atoms with Crippen LogP contribution in [0.2, 0.25) is 0 Å². The molecule has 0 spiro atoms. The number of pyridine rings is 1. The average Bonchev–Trinajstić information content (AvgIpc) is 2.33. The fourth-order valence-electron chi connectivity index (χ4n) is 1.26. The molecule has 0 saturated carbocycles. The zero-order valence-electron chi connectivity index (χ0n) is 11.6. The summed E-state index contributed by atoms with van der Waals surface area (Å²) in [6.45, 7) is 4.76. The third-order valence-electron chi connectivity index (χ3n) is 2.40. The van der Waals surface area contributed by atoms with Gasteiger partial charge >= 0.3 is 6.18 Å². The molecule has 1 N–H and O–H groups in total. The van der Waals surface area contributed by atoms with Gasteiger partial charge in [0.1, 0.15) is 10.5 Å². The van der Waals surface area contributed by atoms with Crippen molar-refractivity contribution in [3.8, 4) is 5.75 Å². The van der Waals surface area contributed by atoms with E-state index in [2.05, 4.69) is 9.71 Å². The van der Waals surface area contributed by atoms with Gasteiger partial charge in [0, 0.05) is 11.4 Å². The summed E-state index contributed by atoms with van der Waals surface area (Å²) in [6.07, 6.45) is -3.40. The summed E-state index contributed by atoms with van der Waals surface area (Å²) in [5.41, 5.74) is -0.254. The van der Waals surface area contributed by atoms with Crippen LogP contribution in [0.15, 0.2) is 18.3 Å². The van der Waals surface area contributed by atoms with Crippen LogP contribution in [0.4, 0.5) is 13.2 Å². The van der Waals surface area contributed by atoms with E-state index in [1.165, 1.54) is 25.4 Å². The van der Waals surface area contributed by atoms with Crippen LogP contribution in [0.5, 0.6) is 5.75 Å². The first kappa shape index (κ1) is 17.1. The molecule has 0 fully saturated rings. The fraction of sp³-hybridized carbons (Fsp3) is 0.583. The van der Waals surface area contributed by atoms with Gasteiger partial charge in [0.05, 0.1) is 19.0 Å². The Labute approximate surface area is 119 Å². The van der Waals surface area contributed by atoms with Crippen LogP contribution < -0.4 is 9.46 Å². The SMILES string of the molecule is COc1ccc(C(N[S+]([O-])C(C)(C)C)C(F)(F)F)nc1. The zero-order chi connectivity index (χ0) is 15.6. The molecule has 1 rings (SSSR count). The molecule has 0 radical (unpaired) electrons.